The van der Waals surface area contributed by atoms with E-state index in [1.807, 2.05) is 30.3 Å². The van der Waals surface area contributed by atoms with Gasteiger partial charge in [0.05, 0.1) is 12.7 Å². The molecule has 1 fully saturated rings. The van der Waals surface area contributed by atoms with Crippen LogP contribution in [0.2, 0.25) is 0 Å². The molecule has 184 valence electrons. The van der Waals surface area contributed by atoms with Gasteiger partial charge in [-0.05, 0) is 43.5 Å². The molecule has 0 N–H and O–H groups in total. The fourth-order valence-electron chi connectivity index (χ4n) is 3.93. The largest absolute Gasteiger partial charge is 0.495 e. The number of carbonyl (C=O) groups is 2. The molecule has 0 aromatic heterocycles. The second-order valence-electron chi connectivity index (χ2n) is 8.40. The summed E-state index contributed by atoms with van der Waals surface area (Å²) in [4.78, 5) is 27.1. The quantitative estimate of drug-likeness (QED) is 0.529. The number of hydrogen-bond acceptors (Lipinski definition) is 6. The van der Waals surface area contributed by atoms with E-state index in [0.29, 0.717) is 13.1 Å². The highest BCUT2D eigenvalue weighted by Gasteiger charge is 2.29. The Hall–Kier alpha value is -2.91. The van der Waals surface area contributed by atoms with Crippen molar-refractivity contribution in [3.8, 4) is 5.75 Å². The summed E-state index contributed by atoms with van der Waals surface area (Å²) in [7, 11) is -1.14. The van der Waals surface area contributed by atoms with Gasteiger partial charge in [0.2, 0.25) is 10.0 Å². The lowest BCUT2D eigenvalue weighted by Gasteiger charge is -2.24. The average Bonchev–Trinajstić information content (AvgIpc) is 3.13. The Kier molecular flexibility index (Phi) is 8.68. The number of ether oxygens (including phenoxy) is 2. The molecule has 1 amide bonds. The maximum Gasteiger partial charge on any atom is 0.338 e. The number of carbonyl (C=O) groups excluding carboxylic acids is 2. The number of benzene rings is 2. The highest BCUT2D eigenvalue weighted by Crippen LogP contribution is 2.28. The Balaban J connectivity index is 1.78. The fourth-order valence-corrected chi connectivity index (χ4v) is 5.26. The molecule has 1 aliphatic heterocycles. The van der Waals surface area contributed by atoms with Crippen LogP contribution in [0, 0.1) is 0 Å². The van der Waals surface area contributed by atoms with Crippen LogP contribution in [0.5, 0.6) is 5.75 Å². The van der Waals surface area contributed by atoms with Gasteiger partial charge in [-0.1, -0.05) is 43.2 Å². The van der Waals surface area contributed by atoms with Crippen LogP contribution in [-0.2, 0) is 26.1 Å². The van der Waals surface area contributed by atoms with Crippen LogP contribution in [0.3, 0.4) is 0 Å². The summed E-state index contributed by atoms with van der Waals surface area (Å²) in [5, 5.41) is 0. The van der Waals surface area contributed by atoms with E-state index in [1.165, 1.54) is 36.7 Å². The van der Waals surface area contributed by atoms with E-state index in [0.717, 1.165) is 31.2 Å². The molecule has 0 bridgehead atoms. The van der Waals surface area contributed by atoms with Gasteiger partial charge < -0.3 is 14.4 Å². The number of sulfonamides is 1. The molecule has 1 aliphatic rings. The van der Waals surface area contributed by atoms with Crippen molar-refractivity contribution in [2.75, 3.05) is 27.2 Å². The zero-order valence-corrected chi connectivity index (χ0v) is 20.7. The van der Waals surface area contributed by atoms with E-state index >= 15 is 0 Å². The van der Waals surface area contributed by atoms with Gasteiger partial charge >= 0.3 is 5.97 Å². The third-order valence-corrected chi connectivity index (χ3v) is 7.71. The summed E-state index contributed by atoms with van der Waals surface area (Å²) in [6, 6.07) is 13.3. The van der Waals surface area contributed by atoms with E-state index in [1.54, 1.807) is 11.8 Å². The average molecular weight is 489 g/mol. The first-order valence-corrected chi connectivity index (χ1v) is 12.9. The van der Waals surface area contributed by atoms with E-state index in [4.69, 9.17) is 9.47 Å². The highest BCUT2D eigenvalue weighted by atomic mass is 32.2. The summed E-state index contributed by atoms with van der Waals surface area (Å²) < 4.78 is 38.5. The van der Waals surface area contributed by atoms with E-state index < -0.39 is 22.1 Å². The van der Waals surface area contributed by atoms with Gasteiger partial charge in [0.15, 0.2) is 6.10 Å². The Labute approximate surface area is 201 Å². The Bertz CT molecular complexity index is 1100. The highest BCUT2D eigenvalue weighted by molar-refractivity contribution is 7.89. The van der Waals surface area contributed by atoms with Crippen molar-refractivity contribution in [3.05, 3.63) is 59.7 Å². The smallest absolute Gasteiger partial charge is 0.338 e. The van der Waals surface area contributed by atoms with Gasteiger partial charge in [0.1, 0.15) is 10.6 Å². The van der Waals surface area contributed by atoms with Crippen molar-refractivity contribution >= 4 is 21.9 Å². The van der Waals surface area contributed by atoms with Crippen molar-refractivity contribution in [3.63, 3.8) is 0 Å². The minimum atomic E-state index is -3.98. The zero-order valence-electron chi connectivity index (χ0n) is 19.9. The Morgan fingerprint density at radius 3 is 2.29 bits per heavy atom. The molecule has 3 rings (SSSR count). The molecular formula is C25H32N2O6S. The second kappa shape index (κ2) is 11.5. The molecule has 0 saturated carbocycles. The monoisotopic (exact) mass is 488 g/mol. The SMILES string of the molecule is COc1ccc(C(=O)O[C@@H](C)C(=O)N2CCCCCC2)cc1S(=O)(=O)N(C)Cc1ccccc1. The molecule has 0 radical (unpaired) electrons. The molecule has 1 saturated heterocycles. The minimum absolute atomic E-state index is 0.0306. The summed E-state index contributed by atoms with van der Waals surface area (Å²) in [5.74, 6) is -0.884. The van der Waals surface area contributed by atoms with Crippen molar-refractivity contribution in [2.24, 2.45) is 0 Å². The zero-order chi connectivity index (χ0) is 24.7. The van der Waals surface area contributed by atoms with E-state index in [-0.39, 0.29) is 28.7 Å². The van der Waals surface area contributed by atoms with Gasteiger partial charge in [-0.15, -0.1) is 0 Å². The maximum atomic E-state index is 13.3. The number of rotatable bonds is 8. The van der Waals surface area contributed by atoms with Crippen molar-refractivity contribution in [1.29, 1.82) is 0 Å². The van der Waals surface area contributed by atoms with Crippen LogP contribution in [0.25, 0.3) is 0 Å². The van der Waals surface area contributed by atoms with Crippen LogP contribution in [-0.4, -0.2) is 62.9 Å². The van der Waals surface area contributed by atoms with Crippen LogP contribution in [0.1, 0.15) is 48.5 Å². The molecular weight excluding hydrogens is 456 g/mol. The van der Waals surface area contributed by atoms with Crippen molar-refractivity contribution in [1.82, 2.24) is 9.21 Å². The molecule has 1 heterocycles. The molecule has 34 heavy (non-hydrogen) atoms. The molecule has 0 aliphatic carbocycles. The van der Waals surface area contributed by atoms with Crippen molar-refractivity contribution < 1.29 is 27.5 Å². The van der Waals surface area contributed by atoms with Crippen LogP contribution >= 0.6 is 0 Å². The number of amides is 1. The number of likely N-dealkylation sites (tertiary alicyclic amines) is 1. The van der Waals surface area contributed by atoms with Crippen molar-refractivity contribution in [2.45, 2.75) is 50.2 Å². The fraction of sp³-hybridized carbons (Fsp3) is 0.440. The van der Waals surface area contributed by atoms with Crippen LogP contribution in [0.4, 0.5) is 0 Å². The molecule has 0 unspecified atom stereocenters. The normalized spacial score (nSPS) is 15.5. The molecule has 8 nitrogen and oxygen atoms in total. The first kappa shape index (κ1) is 25.7. The number of hydrogen-bond donors (Lipinski definition) is 0. The van der Waals surface area contributed by atoms with Gasteiger partial charge in [-0.2, -0.15) is 4.31 Å². The summed E-state index contributed by atoms with van der Waals surface area (Å²) in [6.45, 7) is 3.00. The molecule has 9 heteroatoms. The first-order chi connectivity index (χ1) is 16.2. The van der Waals surface area contributed by atoms with E-state index in [9.17, 15) is 18.0 Å². The number of nitrogens with zero attached hydrogens (tertiary/aromatic N) is 2. The number of esters is 1. The van der Waals surface area contributed by atoms with E-state index in [2.05, 4.69) is 0 Å². The Morgan fingerprint density at radius 1 is 1.03 bits per heavy atom. The standard InChI is InChI=1S/C25H32N2O6S/c1-19(24(28)27-15-9-4-5-10-16-27)33-25(29)21-13-14-22(32-3)23(17-21)34(30,31)26(2)18-20-11-7-6-8-12-20/h6-8,11-14,17,19H,4-5,9-10,15-16,18H2,1-3H3/t19-/m0/s1. The van der Waals surface area contributed by atoms with Gasteiger partial charge in [-0.3, -0.25) is 4.79 Å². The predicted octanol–water partition coefficient (Wildman–Crippen LogP) is 3.46. The number of methoxy groups -OCH3 is 1. The third kappa shape index (κ3) is 6.15. The summed E-state index contributed by atoms with van der Waals surface area (Å²) >= 11 is 0. The van der Waals surface area contributed by atoms with Crippen LogP contribution < -0.4 is 4.74 Å². The van der Waals surface area contributed by atoms with Gasteiger partial charge in [-0.25, -0.2) is 13.2 Å². The Morgan fingerprint density at radius 2 is 1.68 bits per heavy atom. The lowest BCUT2D eigenvalue weighted by molar-refractivity contribution is -0.139. The molecule has 0 spiro atoms. The lowest BCUT2D eigenvalue weighted by Crippen LogP contribution is -2.40. The molecule has 1 atom stereocenters. The van der Waals surface area contributed by atoms with Crippen LogP contribution in [0.15, 0.2) is 53.4 Å². The summed E-state index contributed by atoms with van der Waals surface area (Å²) in [6.07, 6.45) is 3.07. The minimum Gasteiger partial charge on any atom is -0.495 e. The second-order valence-corrected chi connectivity index (χ2v) is 10.4. The summed E-state index contributed by atoms with van der Waals surface area (Å²) in [5.41, 5.74) is 0.854. The van der Waals surface area contributed by atoms with Gasteiger partial charge in [0, 0.05) is 26.7 Å². The maximum absolute atomic E-state index is 13.3. The molecule has 2 aromatic rings. The first-order valence-electron chi connectivity index (χ1n) is 11.4. The lowest BCUT2D eigenvalue weighted by atomic mass is 10.2. The third-order valence-electron chi connectivity index (χ3n) is 5.88. The predicted molar refractivity (Wildman–Crippen MR) is 128 cm³/mol. The molecule has 2 aromatic carbocycles. The topological polar surface area (TPSA) is 93.2 Å². The van der Waals surface area contributed by atoms with Gasteiger partial charge in [0.25, 0.3) is 5.91 Å².